The average molecular weight is 290 g/mol. The Balaban J connectivity index is 2.71. The van der Waals surface area contributed by atoms with E-state index in [0.717, 1.165) is 5.56 Å². The van der Waals surface area contributed by atoms with Crippen LogP contribution < -0.4 is 11.1 Å². The van der Waals surface area contributed by atoms with Crippen molar-refractivity contribution in [1.29, 1.82) is 0 Å². The molecule has 1 amide bonds. The highest BCUT2D eigenvalue weighted by Gasteiger charge is 2.19. The van der Waals surface area contributed by atoms with E-state index in [9.17, 15) is 9.59 Å². The van der Waals surface area contributed by atoms with Crippen LogP contribution in [0.4, 0.5) is 0 Å². The van der Waals surface area contributed by atoms with Crippen LogP contribution in [0.5, 0.6) is 0 Å². The van der Waals surface area contributed by atoms with E-state index in [1.54, 1.807) is 6.08 Å². The van der Waals surface area contributed by atoms with Gasteiger partial charge in [0.05, 0.1) is 13.2 Å². The van der Waals surface area contributed by atoms with Gasteiger partial charge in [-0.15, -0.1) is 0 Å². The number of nitrogens with one attached hydrogen (secondary N) is 1. The fourth-order valence-electron chi connectivity index (χ4n) is 1.79. The van der Waals surface area contributed by atoms with Gasteiger partial charge in [-0.25, -0.2) is 4.79 Å². The van der Waals surface area contributed by atoms with E-state index >= 15 is 0 Å². The van der Waals surface area contributed by atoms with E-state index in [-0.39, 0.29) is 11.6 Å². The van der Waals surface area contributed by atoms with Gasteiger partial charge in [0.15, 0.2) is 0 Å². The Labute approximate surface area is 125 Å². The largest absolute Gasteiger partial charge is 0.464 e. The van der Waals surface area contributed by atoms with Gasteiger partial charge in [-0.1, -0.05) is 50.3 Å². The molecule has 0 aliphatic rings. The summed E-state index contributed by atoms with van der Waals surface area (Å²) in [5.74, 6) is -0.884. The summed E-state index contributed by atoms with van der Waals surface area (Å²) in [6, 6.07) is 8.75. The molecule has 0 aromatic heterocycles. The van der Waals surface area contributed by atoms with Crippen molar-refractivity contribution in [2.24, 2.45) is 11.7 Å². The number of ether oxygens (including phenoxy) is 1. The number of carbonyl (C=O) groups excluding carboxylic acids is 2. The van der Waals surface area contributed by atoms with Crippen LogP contribution in [0.25, 0.3) is 0 Å². The van der Waals surface area contributed by atoms with Gasteiger partial charge >= 0.3 is 5.97 Å². The molecule has 21 heavy (non-hydrogen) atoms. The summed E-state index contributed by atoms with van der Waals surface area (Å²) >= 11 is 0. The molecule has 5 heteroatoms. The molecule has 1 atom stereocenters. The Bertz CT molecular complexity index is 510. The van der Waals surface area contributed by atoms with Gasteiger partial charge in [0.1, 0.15) is 5.70 Å². The quantitative estimate of drug-likeness (QED) is 0.612. The molecule has 3 N–H and O–H groups in total. The molecule has 114 valence electrons. The van der Waals surface area contributed by atoms with Gasteiger partial charge < -0.3 is 15.8 Å². The van der Waals surface area contributed by atoms with Crippen molar-refractivity contribution in [1.82, 2.24) is 5.32 Å². The van der Waals surface area contributed by atoms with E-state index in [0.29, 0.717) is 6.42 Å². The number of carbonyl (C=O) groups is 2. The third-order valence-electron chi connectivity index (χ3n) is 2.80. The van der Waals surface area contributed by atoms with Crippen molar-refractivity contribution in [3.8, 4) is 0 Å². The number of hydrogen-bond donors (Lipinski definition) is 2. The summed E-state index contributed by atoms with van der Waals surface area (Å²) < 4.78 is 4.65. The maximum atomic E-state index is 12.1. The van der Waals surface area contributed by atoms with Crippen molar-refractivity contribution in [3.63, 3.8) is 0 Å². The van der Waals surface area contributed by atoms with E-state index in [2.05, 4.69) is 10.1 Å². The van der Waals surface area contributed by atoms with E-state index in [1.807, 2.05) is 44.2 Å². The van der Waals surface area contributed by atoms with Crippen LogP contribution in [0, 0.1) is 5.92 Å². The fourth-order valence-corrected chi connectivity index (χ4v) is 1.79. The Morgan fingerprint density at radius 1 is 1.29 bits per heavy atom. The van der Waals surface area contributed by atoms with Crippen molar-refractivity contribution >= 4 is 11.9 Å². The smallest absolute Gasteiger partial charge is 0.354 e. The third-order valence-corrected chi connectivity index (χ3v) is 2.80. The van der Waals surface area contributed by atoms with Crippen LogP contribution in [0.3, 0.4) is 0 Å². The molecule has 1 rings (SSSR count). The topological polar surface area (TPSA) is 81.4 Å². The van der Waals surface area contributed by atoms with Crippen molar-refractivity contribution < 1.29 is 14.3 Å². The molecular formula is C16H22N2O3. The molecule has 0 aliphatic carbocycles. The lowest BCUT2D eigenvalue weighted by Gasteiger charge is -2.14. The maximum Gasteiger partial charge on any atom is 0.354 e. The first-order valence-corrected chi connectivity index (χ1v) is 6.84. The first-order chi connectivity index (χ1) is 9.93. The normalized spacial score (nSPS) is 12.9. The molecule has 5 nitrogen and oxygen atoms in total. The van der Waals surface area contributed by atoms with E-state index in [4.69, 9.17) is 5.73 Å². The summed E-state index contributed by atoms with van der Waals surface area (Å²) in [6.45, 7) is 3.80. The van der Waals surface area contributed by atoms with Crippen LogP contribution in [-0.4, -0.2) is 25.0 Å². The van der Waals surface area contributed by atoms with Crippen molar-refractivity contribution in [2.75, 3.05) is 7.11 Å². The first-order valence-electron chi connectivity index (χ1n) is 6.84. The summed E-state index contributed by atoms with van der Waals surface area (Å²) in [7, 11) is 1.27. The number of hydrogen-bond acceptors (Lipinski definition) is 4. The Hall–Kier alpha value is -2.14. The second-order valence-electron chi connectivity index (χ2n) is 5.10. The molecule has 1 aromatic carbocycles. The Morgan fingerprint density at radius 2 is 1.90 bits per heavy atom. The summed E-state index contributed by atoms with van der Waals surface area (Å²) in [6.07, 6.45) is 2.04. The highest BCUT2D eigenvalue weighted by molar-refractivity contribution is 5.95. The van der Waals surface area contributed by atoms with Gasteiger partial charge in [-0.2, -0.15) is 0 Å². The minimum Gasteiger partial charge on any atom is -0.464 e. The maximum absolute atomic E-state index is 12.1. The fraction of sp³-hybridized carbons (Fsp3) is 0.375. The van der Waals surface area contributed by atoms with Crippen LogP contribution in [0.1, 0.15) is 19.4 Å². The third kappa shape index (κ3) is 5.79. The second-order valence-corrected chi connectivity index (χ2v) is 5.10. The summed E-state index contributed by atoms with van der Waals surface area (Å²) in [5, 5.41) is 2.54. The zero-order valence-electron chi connectivity index (χ0n) is 12.6. The molecule has 0 aliphatic heterocycles. The average Bonchev–Trinajstić information content (AvgIpc) is 2.46. The Morgan fingerprint density at radius 3 is 2.43 bits per heavy atom. The lowest BCUT2D eigenvalue weighted by atomic mass is 10.1. The van der Waals surface area contributed by atoms with Gasteiger partial charge in [-0.3, -0.25) is 4.79 Å². The molecule has 0 saturated heterocycles. The zero-order chi connectivity index (χ0) is 15.8. The first kappa shape index (κ1) is 16.9. The van der Waals surface area contributed by atoms with Crippen LogP contribution >= 0.6 is 0 Å². The molecular weight excluding hydrogens is 268 g/mol. The predicted molar refractivity (Wildman–Crippen MR) is 81.2 cm³/mol. The van der Waals surface area contributed by atoms with Crippen LogP contribution in [0.15, 0.2) is 42.1 Å². The minimum absolute atomic E-state index is 0.102. The molecule has 0 unspecified atom stereocenters. The molecule has 1 aromatic rings. The zero-order valence-corrected chi connectivity index (χ0v) is 12.6. The molecule has 0 heterocycles. The number of nitrogens with two attached hydrogens (primary N) is 1. The van der Waals surface area contributed by atoms with Crippen molar-refractivity contribution in [3.05, 3.63) is 47.7 Å². The SMILES string of the molecule is COC(=O)/C(=C\C(C)C)NC(=O)[C@H](N)Cc1ccccc1. The lowest BCUT2D eigenvalue weighted by molar-refractivity contribution is -0.138. The van der Waals surface area contributed by atoms with Gasteiger partial charge in [-0.05, 0) is 17.9 Å². The number of amides is 1. The minimum atomic E-state index is -0.729. The molecule has 0 fully saturated rings. The Kier molecular flexibility index (Phi) is 6.62. The summed E-state index contributed by atoms with van der Waals surface area (Å²) in [5.41, 5.74) is 6.97. The van der Waals surface area contributed by atoms with E-state index in [1.165, 1.54) is 7.11 Å². The molecule has 0 radical (unpaired) electrons. The second kappa shape index (κ2) is 8.21. The molecule has 0 spiro atoms. The highest BCUT2D eigenvalue weighted by atomic mass is 16.5. The highest BCUT2D eigenvalue weighted by Crippen LogP contribution is 2.05. The van der Waals surface area contributed by atoms with E-state index < -0.39 is 17.9 Å². The van der Waals surface area contributed by atoms with Crippen molar-refractivity contribution in [2.45, 2.75) is 26.3 Å². The lowest BCUT2D eigenvalue weighted by Crippen LogP contribution is -2.43. The van der Waals surface area contributed by atoms with Crippen LogP contribution in [0.2, 0.25) is 0 Å². The van der Waals surface area contributed by atoms with Crippen LogP contribution in [-0.2, 0) is 20.7 Å². The standard InChI is InChI=1S/C16H22N2O3/c1-11(2)9-14(16(20)21-3)18-15(19)13(17)10-12-7-5-4-6-8-12/h4-9,11,13H,10,17H2,1-3H3,(H,18,19)/b14-9+/t13-/m1/s1. The predicted octanol–water partition coefficient (Wildman–Crippen LogP) is 1.39. The number of esters is 1. The monoisotopic (exact) mass is 290 g/mol. The summed E-state index contributed by atoms with van der Waals surface area (Å²) in [4.78, 5) is 23.7. The number of methoxy groups -OCH3 is 1. The van der Waals surface area contributed by atoms with Gasteiger partial charge in [0.2, 0.25) is 5.91 Å². The number of rotatable bonds is 6. The number of allylic oxidation sites excluding steroid dienone is 1. The molecule has 0 saturated carbocycles. The van der Waals surface area contributed by atoms with Gasteiger partial charge in [0, 0.05) is 0 Å². The molecule has 0 bridgehead atoms. The number of benzene rings is 1. The van der Waals surface area contributed by atoms with Gasteiger partial charge in [0.25, 0.3) is 0 Å².